The molecule has 2 aliphatic rings. The van der Waals surface area contributed by atoms with Gasteiger partial charge in [-0.15, -0.1) is 0 Å². The van der Waals surface area contributed by atoms with Crippen LogP contribution in [0, 0.1) is 12.8 Å². The lowest BCUT2D eigenvalue weighted by Crippen LogP contribution is -2.58. The lowest BCUT2D eigenvalue weighted by atomic mass is 9.79. The van der Waals surface area contributed by atoms with Gasteiger partial charge in [-0.2, -0.15) is 0 Å². The van der Waals surface area contributed by atoms with Crippen LogP contribution in [-0.2, 0) is 4.79 Å². The highest BCUT2D eigenvalue weighted by molar-refractivity contribution is 7.07. The summed E-state index contributed by atoms with van der Waals surface area (Å²) in [7, 11) is 0. The SMILES string of the molecule is CC(=O)C1C2c3ccccc3O[C@]1(C)N=c1s/c(=C/c3ccc(C)o3)c(=O)n12. The number of para-hydroxylation sites is 1. The van der Waals surface area contributed by atoms with Gasteiger partial charge in [-0.1, -0.05) is 29.5 Å². The van der Waals surface area contributed by atoms with Crippen molar-refractivity contribution in [1.29, 1.82) is 0 Å². The van der Waals surface area contributed by atoms with Gasteiger partial charge in [-0.05, 0) is 39.0 Å². The fourth-order valence-electron chi connectivity index (χ4n) is 4.22. The highest BCUT2D eigenvalue weighted by Gasteiger charge is 2.53. The van der Waals surface area contributed by atoms with Crippen LogP contribution in [0.5, 0.6) is 5.75 Å². The maximum atomic E-state index is 13.3. The Hall–Kier alpha value is -2.93. The third-order valence-corrected chi connectivity index (χ3v) is 6.34. The molecule has 2 unspecified atom stereocenters. The summed E-state index contributed by atoms with van der Waals surface area (Å²) in [6, 6.07) is 10.8. The van der Waals surface area contributed by atoms with E-state index in [1.165, 1.54) is 18.3 Å². The van der Waals surface area contributed by atoms with Crippen molar-refractivity contribution >= 4 is 23.2 Å². The van der Waals surface area contributed by atoms with Crippen molar-refractivity contribution in [3.63, 3.8) is 0 Å². The summed E-state index contributed by atoms with van der Waals surface area (Å²) in [4.78, 5) is 31.1. The van der Waals surface area contributed by atoms with Crippen LogP contribution in [0.2, 0.25) is 0 Å². The van der Waals surface area contributed by atoms with Gasteiger partial charge in [0.05, 0.1) is 10.6 Å². The van der Waals surface area contributed by atoms with Gasteiger partial charge >= 0.3 is 0 Å². The highest BCUT2D eigenvalue weighted by Crippen LogP contribution is 2.47. The molecule has 142 valence electrons. The summed E-state index contributed by atoms with van der Waals surface area (Å²) in [5, 5.41) is 0. The fraction of sp³-hybridized carbons (Fsp3) is 0.286. The second kappa shape index (κ2) is 5.78. The second-order valence-electron chi connectivity index (χ2n) is 7.36. The fourth-order valence-corrected chi connectivity index (χ4v) is 5.30. The number of benzene rings is 1. The van der Waals surface area contributed by atoms with E-state index in [1.54, 1.807) is 10.6 Å². The van der Waals surface area contributed by atoms with Gasteiger partial charge in [0.25, 0.3) is 5.56 Å². The first kappa shape index (κ1) is 17.2. The van der Waals surface area contributed by atoms with Crippen LogP contribution in [-0.4, -0.2) is 16.1 Å². The van der Waals surface area contributed by atoms with Crippen LogP contribution in [0.15, 0.2) is 50.6 Å². The van der Waals surface area contributed by atoms with Gasteiger partial charge in [0.2, 0.25) is 5.72 Å². The van der Waals surface area contributed by atoms with Crippen molar-refractivity contribution in [2.75, 3.05) is 0 Å². The van der Waals surface area contributed by atoms with Crippen molar-refractivity contribution in [3.8, 4) is 5.75 Å². The Morgan fingerprint density at radius 1 is 1.29 bits per heavy atom. The molecule has 0 amide bonds. The number of carbonyl (C=O) groups excluding carboxylic acids is 1. The number of thiazole rings is 1. The average molecular weight is 394 g/mol. The number of hydrogen-bond acceptors (Lipinski definition) is 6. The Morgan fingerprint density at radius 3 is 2.79 bits per heavy atom. The van der Waals surface area contributed by atoms with Gasteiger partial charge in [0.1, 0.15) is 29.0 Å². The van der Waals surface area contributed by atoms with Gasteiger partial charge < -0.3 is 9.15 Å². The largest absolute Gasteiger partial charge is 0.465 e. The number of aromatic nitrogens is 1. The van der Waals surface area contributed by atoms with Crippen molar-refractivity contribution < 1.29 is 13.9 Å². The molecule has 6 nitrogen and oxygen atoms in total. The number of rotatable bonds is 2. The number of carbonyl (C=O) groups is 1. The molecule has 0 radical (unpaired) electrons. The van der Waals surface area contributed by atoms with Gasteiger partial charge in [0.15, 0.2) is 4.80 Å². The molecule has 0 spiro atoms. The minimum Gasteiger partial charge on any atom is -0.465 e. The molecule has 0 aliphatic carbocycles. The molecule has 7 heteroatoms. The van der Waals surface area contributed by atoms with Gasteiger partial charge in [-0.25, -0.2) is 4.99 Å². The Labute approximate surface area is 164 Å². The Morgan fingerprint density at radius 2 is 2.07 bits per heavy atom. The molecule has 2 bridgehead atoms. The number of nitrogens with zero attached hydrogens (tertiary/aromatic N) is 2. The summed E-state index contributed by atoms with van der Waals surface area (Å²) in [5.41, 5.74) is -0.384. The van der Waals surface area contributed by atoms with Gasteiger partial charge in [-0.3, -0.25) is 14.2 Å². The van der Waals surface area contributed by atoms with E-state index in [-0.39, 0.29) is 11.3 Å². The number of ketones is 1. The predicted octanol–water partition coefficient (Wildman–Crippen LogP) is 2.18. The third-order valence-electron chi connectivity index (χ3n) is 5.35. The van der Waals surface area contributed by atoms with Crippen LogP contribution >= 0.6 is 11.3 Å². The van der Waals surface area contributed by atoms with Crippen molar-refractivity contribution in [2.24, 2.45) is 10.9 Å². The Kier molecular flexibility index (Phi) is 3.55. The van der Waals surface area contributed by atoms with E-state index in [0.717, 1.165) is 11.3 Å². The standard InChI is InChI=1S/C21H18N2O4S/c1-11-8-9-13(26-11)10-16-19(25)23-18-14-6-4-5-7-15(14)27-21(3,17(18)12(2)24)22-20(23)28-16/h4-10,17-18H,1-3H3/b16-10+/t17?,18?,21-/m0/s1. The minimum atomic E-state index is -1.04. The number of fused-ring (bicyclic) bond motifs is 6. The van der Waals surface area contributed by atoms with Crippen molar-refractivity contribution in [1.82, 2.24) is 4.57 Å². The molecule has 28 heavy (non-hydrogen) atoms. The summed E-state index contributed by atoms with van der Waals surface area (Å²) >= 11 is 1.29. The third kappa shape index (κ3) is 2.36. The van der Waals surface area contributed by atoms with Crippen molar-refractivity contribution in [3.05, 3.63) is 73.2 Å². The molecule has 1 aromatic carbocycles. The molecule has 0 saturated heterocycles. The van der Waals surface area contributed by atoms with Gasteiger partial charge in [0, 0.05) is 11.6 Å². The zero-order chi connectivity index (χ0) is 19.6. The minimum absolute atomic E-state index is 0.0540. The summed E-state index contributed by atoms with van der Waals surface area (Å²) < 4.78 is 13.9. The van der Waals surface area contributed by atoms with E-state index in [4.69, 9.17) is 14.1 Å². The van der Waals surface area contributed by atoms with E-state index in [2.05, 4.69) is 0 Å². The highest BCUT2D eigenvalue weighted by atomic mass is 32.1. The normalized spacial score (nSPS) is 25.5. The molecule has 3 atom stereocenters. The number of furan rings is 1. The lowest BCUT2D eigenvalue weighted by Gasteiger charge is -2.45. The maximum absolute atomic E-state index is 13.3. The number of aryl methyl sites for hydroxylation is 1. The number of Topliss-reactive ketones (excluding diaryl/α,β-unsaturated/α-hetero) is 1. The molecule has 3 aromatic rings. The van der Waals surface area contributed by atoms with Crippen LogP contribution in [0.3, 0.4) is 0 Å². The van der Waals surface area contributed by atoms with Crippen molar-refractivity contribution in [2.45, 2.75) is 32.5 Å². The molecule has 0 saturated carbocycles. The van der Waals surface area contributed by atoms with E-state index in [0.29, 0.717) is 20.8 Å². The van der Waals surface area contributed by atoms with E-state index in [9.17, 15) is 9.59 Å². The summed E-state index contributed by atoms with van der Waals surface area (Å²) in [5.74, 6) is 1.43. The number of hydrogen-bond donors (Lipinski definition) is 0. The predicted molar refractivity (Wildman–Crippen MR) is 104 cm³/mol. The van der Waals surface area contributed by atoms with Crippen LogP contribution in [0.25, 0.3) is 6.08 Å². The first-order chi connectivity index (χ1) is 13.4. The average Bonchev–Trinajstić information content (AvgIpc) is 3.16. The first-order valence-corrected chi connectivity index (χ1v) is 9.87. The zero-order valence-electron chi connectivity index (χ0n) is 15.6. The second-order valence-corrected chi connectivity index (χ2v) is 8.37. The van der Waals surface area contributed by atoms with E-state index < -0.39 is 17.7 Å². The summed E-state index contributed by atoms with van der Waals surface area (Å²) in [6.07, 6.45) is 1.72. The quantitative estimate of drug-likeness (QED) is 0.668. The smallest absolute Gasteiger partial charge is 0.271 e. The molecule has 4 heterocycles. The van der Waals surface area contributed by atoms with Crippen LogP contribution in [0.1, 0.15) is 37.0 Å². The Bertz CT molecular complexity index is 1300. The molecular weight excluding hydrogens is 376 g/mol. The molecular formula is C21H18N2O4S. The van der Waals surface area contributed by atoms with E-state index in [1.807, 2.05) is 50.2 Å². The Balaban J connectivity index is 1.82. The molecule has 2 aliphatic heterocycles. The maximum Gasteiger partial charge on any atom is 0.271 e. The zero-order valence-corrected chi connectivity index (χ0v) is 16.4. The molecule has 0 N–H and O–H groups in total. The monoisotopic (exact) mass is 394 g/mol. The topological polar surface area (TPSA) is 73.8 Å². The first-order valence-electron chi connectivity index (χ1n) is 9.05. The number of ether oxygens (including phenoxy) is 1. The summed E-state index contributed by atoms with van der Waals surface area (Å²) in [6.45, 7) is 5.20. The lowest BCUT2D eigenvalue weighted by molar-refractivity contribution is -0.132. The van der Waals surface area contributed by atoms with Crippen LogP contribution in [0.4, 0.5) is 0 Å². The molecule has 5 rings (SSSR count). The van der Waals surface area contributed by atoms with Crippen LogP contribution < -0.4 is 19.6 Å². The molecule has 2 aromatic heterocycles. The molecule has 0 fully saturated rings. The van der Waals surface area contributed by atoms with E-state index >= 15 is 0 Å².